The number of carbonyl (C=O) groups is 6. The minimum Gasteiger partial charge on any atom is -0.545 e. The number of pyridine rings is 4. The number of carbonyl (C=O) groups excluding carboxylic acids is 6. The molecule has 12 aromatic rings. The Morgan fingerprint density at radius 3 is 0.478 bits per heavy atom. The monoisotopic (exact) mass is 1640 g/mol. The number of benzene rings is 8. The maximum absolute atomic E-state index is 10.2. The molecule has 12 rings (SSSR count). The SMILES string of the molecule is O=C([O-])c1ccc(Cl)cc1.O=C([O-])c1ccc(Cl)cc1.O=C([O-])c1ccc(Cl)cc1.O=C([O-])c1ccc(Cl)cc1.O=C([O-])c1ccc(Cl)cc1.O=C([O-])c1ccc(Cl)cc1.[Yb+3].[Yb+3].c1cnc2c(c1)ccc1cccnc12.c1cnc2c(c1)ccc1cccnc12. The number of hydrogen-bond donors (Lipinski definition) is 0. The molecule has 0 N–H and O–H groups in total. The van der Waals surface area contributed by atoms with Crippen LogP contribution < -0.4 is 30.6 Å². The second-order valence-corrected chi connectivity index (χ2v) is 19.8. The summed E-state index contributed by atoms with van der Waals surface area (Å²) in [5.74, 6) is -7.10. The molecule has 4 heterocycles. The zero-order valence-electron chi connectivity index (χ0n) is 45.6. The molecule has 4 aromatic heterocycles. The number of rotatable bonds is 6. The van der Waals surface area contributed by atoms with Gasteiger partial charge < -0.3 is 59.4 Å². The first-order valence-corrected chi connectivity index (χ1v) is 27.3. The molecular weight excluding hydrogens is 1600 g/mol. The Labute approximate surface area is 621 Å². The summed E-state index contributed by atoms with van der Waals surface area (Å²) in [6, 6.07) is 59.2. The number of aromatic carboxylic acids is 6. The van der Waals surface area contributed by atoms with Crippen LogP contribution in [0.1, 0.15) is 62.1 Å². The maximum atomic E-state index is 10.2. The Morgan fingerprint density at radius 2 is 0.356 bits per heavy atom. The summed E-state index contributed by atoms with van der Waals surface area (Å²) in [5.41, 5.74) is 4.77. The largest absolute Gasteiger partial charge is 3.00 e. The van der Waals surface area contributed by atoms with Crippen LogP contribution in [0.5, 0.6) is 0 Å². The van der Waals surface area contributed by atoms with Crippen molar-refractivity contribution in [2.45, 2.75) is 0 Å². The standard InChI is InChI=1S/2C12H8N2.6C7H5ClO2.2Yb/c2*1-3-9-5-6-10-4-2-8-14-12(10)11(9)13-7-1;6*8-6-3-1-5(2-4-6)7(9)10;;/h2*1-8H;6*1-4H,(H,9,10);;/q;;;;;;;;2*+3/p-6. The van der Waals surface area contributed by atoms with E-state index >= 15 is 0 Å². The predicted molar refractivity (Wildman–Crippen MR) is 329 cm³/mol. The first-order chi connectivity index (χ1) is 42.1. The normalized spacial score (nSPS) is 9.58. The maximum Gasteiger partial charge on any atom is 3.00 e. The first kappa shape index (κ1) is 77.2. The molecule has 0 aliphatic rings. The summed E-state index contributed by atoms with van der Waals surface area (Å²) in [6.45, 7) is 0. The third-order valence-electron chi connectivity index (χ3n) is 11.2. The fourth-order valence-corrected chi connectivity index (χ4v) is 7.63. The molecule has 0 spiro atoms. The number of carboxylic acid groups (broad SMARTS) is 6. The predicted octanol–water partition coefficient (Wildman–Crippen LogP) is 9.79. The Morgan fingerprint density at radius 1 is 0.222 bits per heavy atom. The molecule has 466 valence electrons. The second kappa shape index (κ2) is 40.7. The quantitative estimate of drug-likeness (QED) is 0.140. The molecule has 0 saturated carbocycles. The van der Waals surface area contributed by atoms with E-state index in [-0.39, 0.29) is 127 Å². The van der Waals surface area contributed by atoms with E-state index in [1.54, 1.807) is 24.8 Å². The van der Waals surface area contributed by atoms with Gasteiger partial charge in [-0.1, -0.05) is 191 Å². The van der Waals surface area contributed by atoms with E-state index in [0.717, 1.165) is 43.6 Å². The van der Waals surface area contributed by atoms with Crippen LogP contribution in [0.4, 0.5) is 0 Å². The van der Waals surface area contributed by atoms with Crippen LogP contribution in [0.3, 0.4) is 0 Å². The summed E-state index contributed by atoms with van der Waals surface area (Å²) in [5, 5.41) is 68.6. The van der Waals surface area contributed by atoms with Gasteiger partial charge in [0.15, 0.2) is 0 Å². The molecule has 0 fully saturated rings. The molecule has 24 heteroatoms. The molecule has 0 aliphatic carbocycles. The third-order valence-corrected chi connectivity index (χ3v) is 12.7. The average molecular weight is 1640 g/mol. The van der Waals surface area contributed by atoms with Crippen LogP contribution in [-0.4, -0.2) is 55.8 Å². The van der Waals surface area contributed by atoms with Gasteiger partial charge in [0.2, 0.25) is 0 Å². The van der Waals surface area contributed by atoms with Crippen molar-refractivity contribution in [3.05, 3.63) is 307 Å². The van der Waals surface area contributed by atoms with E-state index in [0.29, 0.717) is 30.1 Å². The molecule has 90 heavy (non-hydrogen) atoms. The van der Waals surface area contributed by atoms with Crippen LogP contribution in [-0.2, 0) is 0 Å². The topological polar surface area (TPSA) is 292 Å². The molecule has 2 radical (unpaired) electrons. The van der Waals surface area contributed by atoms with E-state index in [1.807, 2.05) is 24.3 Å². The van der Waals surface area contributed by atoms with E-state index in [1.165, 1.54) is 146 Å². The van der Waals surface area contributed by atoms with E-state index in [9.17, 15) is 59.4 Å². The first-order valence-electron chi connectivity index (χ1n) is 25.1. The van der Waals surface area contributed by atoms with Crippen LogP contribution in [0, 0.1) is 93.8 Å². The summed E-state index contributed by atoms with van der Waals surface area (Å²) in [6.07, 6.45) is 7.21. The Hall–Kier alpha value is -7.00. The summed E-state index contributed by atoms with van der Waals surface area (Å²) in [7, 11) is 0. The van der Waals surface area contributed by atoms with E-state index in [2.05, 4.69) is 68.5 Å². The smallest absolute Gasteiger partial charge is 0.545 e. The Kier molecular flexibility index (Phi) is 34.9. The van der Waals surface area contributed by atoms with Gasteiger partial charge in [0.1, 0.15) is 0 Å². The third kappa shape index (κ3) is 26.8. The number of nitrogens with zero attached hydrogens (tertiary/aromatic N) is 4. The van der Waals surface area contributed by atoms with Gasteiger partial charge >= 0.3 is 93.8 Å². The van der Waals surface area contributed by atoms with Crippen LogP contribution in [0.15, 0.2) is 243 Å². The number of fused-ring (bicyclic) bond motifs is 6. The summed E-state index contributed by atoms with van der Waals surface area (Å²) < 4.78 is 0. The molecule has 0 amide bonds. The number of halogens is 6. The van der Waals surface area contributed by atoms with Crippen molar-refractivity contribution in [2.75, 3.05) is 0 Å². The molecule has 0 bridgehead atoms. The fourth-order valence-electron chi connectivity index (χ4n) is 6.88. The summed E-state index contributed by atoms with van der Waals surface area (Å²) >= 11 is 33.0. The summed E-state index contributed by atoms with van der Waals surface area (Å²) in [4.78, 5) is 78.3. The minimum atomic E-state index is -1.18. The fraction of sp³-hybridized carbons (Fsp3) is 0. The van der Waals surface area contributed by atoms with Gasteiger partial charge in [-0.05, 0) is 130 Å². The zero-order valence-corrected chi connectivity index (χ0v) is 53.5. The van der Waals surface area contributed by atoms with E-state index < -0.39 is 35.8 Å². The van der Waals surface area contributed by atoms with Crippen molar-refractivity contribution >= 4 is 149 Å². The van der Waals surface area contributed by atoms with Gasteiger partial charge in [-0.25, -0.2) is 0 Å². The molecule has 8 aromatic carbocycles. The second-order valence-electron chi connectivity index (χ2n) is 17.2. The van der Waals surface area contributed by atoms with Gasteiger partial charge in [0, 0.05) is 76.5 Å². The molecule has 0 atom stereocenters. The van der Waals surface area contributed by atoms with Crippen LogP contribution in [0.2, 0.25) is 30.1 Å². The van der Waals surface area contributed by atoms with Crippen LogP contribution in [0.25, 0.3) is 43.6 Å². The number of aromatic nitrogens is 4. The average Bonchev–Trinajstić information content (AvgIpc) is 1.07. The van der Waals surface area contributed by atoms with Crippen molar-refractivity contribution in [2.24, 2.45) is 0 Å². The molecule has 0 unspecified atom stereocenters. The van der Waals surface area contributed by atoms with Gasteiger partial charge in [0.05, 0.1) is 57.9 Å². The van der Waals surface area contributed by atoms with Crippen molar-refractivity contribution in [1.82, 2.24) is 19.9 Å². The van der Waals surface area contributed by atoms with E-state index in [4.69, 9.17) is 69.6 Å². The number of carboxylic acids is 6. The molecular formula is C66H40Cl6N4O12Yb2. The number of hydrogen-bond acceptors (Lipinski definition) is 16. The molecule has 0 saturated heterocycles. The Balaban J connectivity index is 0.000000269. The van der Waals surface area contributed by atoms with Gasteiger partial charge in [-0.3, -0.25) is 19.9 Å². The van der Waals surface area contributed by atoms with Crippen molar-refractivity contribution in [1.29, 1.82) is 0 Å². The van der Waals surface area contributed by atoms with Crippen molar-refractivity contribution in [3.63, 3.8) is 0 Å². The van der Waals surface area contributed by atoms with Crippen molar-refractivity contribution in [3.8, 4) is 0 Å². The Bertz CT molecular complexity index is 3650. The van der Waals surface area contributed by atoms with Crippen molar-refractivity contribution < 1.29 is 153 Å². The zero-order chi connectivity index (χ0) is 64.1. The van der Waals surface area contributed by atoms with Gasteiger partial charge in [0.25, 0.3) is 0 Å². The van der Waals surface area contributed by atoms with Gasteiger partial charge in [-0.2, -0.15) is 0 Å². The molecule has 0 aliphatic heterocycles. The van der Waals surface area contributed by atoms with Crippen LogP contribution >= 0.6 is 69.6 Å². The molecule has 16 nitrogen and oxygen atoms in total. The minimum absolute atomic E-state index is 0. The van der Waals surface area contributed by atoms with Gasteiger partial charge in [-0.15, -0.1) is 0 Å².